The highest BCUT2D eigenvalue weighted by molar-refractivity contribution is 6.19. The van der Waals surface area contributed by atoms with Crippen LogP contribution in [-0.2, 0) is 43.3 Å². The molecule has 0 aliphatic rings. The second kappa shape index (κ2) is 34.8. The molecule has 0 radical (unpaired) electrons. The summed E-state index contributed by atoms with van der Waals surface area (Å²) >= 11 is 0. The first kappa shape index (κ1) is 96.4. The lowest BCUT2D eigenvalue weighted by atomic mass is 9.85. The fourth-order valence-electron chi connectivity index (χ4n) is 23.7. The summed E-state index contributed by atoms with van der Waals surface area (Å²) in [6, 6.07) is 108. The molecule has 0 N–H and O–H groups in total. The van der Waals surface area contributed by atoms with Crippen LogP contribution in [0.15, 0.2) is 288 Å². The summed E-state index contributed by atoms with van der Waals surface area (Å²) in [5.74, 6) is 0.695. The first-order valence-electron chi connectivity index (χ1n) is 54.2. The predicted molar refractivity (Wildman–Crippen MR) is 630 cm³/mol. The molecular weight excluding hydrogens is 1790 g/mol. The molecule has 10 heteroatoms. The molecule has 744 valence electrons. The van der Waals surface area contributed by atoms with E-state index in [4.69, 9.17) is 9.15 Å². The smallest absolute Gasteiger partial charge is 0.360 e. The van der Waals surface area contributed by atoms with E-state index >= 15 is 4.79 Å². The predicted octanol–water partition coefficient (Wildman–Crippen LogP) is 38.2. The van der Waals surface area contributed by atoms with Crippen molar-refractivity contribution in [1.29, 1.82) is 0 Å². The van der Waals surface area contributed by atoms with Crippen LogP contribution in [0.5, 0.6) is 5.75 Å². The molecule has 0 amide bonds. The lowest BCUT2D eigenvalue weighted by Crippen LogP contribution is -2.10. The van der Waals surface area contributed by atoms with Crippen molar-refractivity contribution < 1.29 is 9.15 Å². The van der Waals surface area contributed by atoms with Crippen LogP contribution in [0.3, 0.4) is 0 Å². The molecule has 23 rings (SSSR count). The summed E-state index contributed by atoms with van der Waals surface area (Å²) in [5.41, 5.74) is 32.0. The first-order valence-corrected chi connectivity index (χ1v) is 54.2. The van der Waals surface area contributed by atoms with Crippen molar-refractivity contribution in [2.45, 2.75) is 281 Å². The van der Waals surface area contributed by atoms with E-state index in [1.807, 2.05) is 18.2 Å². The van der Waals surface area contributed by atoms with Gasteiger partial charge in [0.15, 0.2) is 0 Å². The molecule has 0 bridgehead atoms. The van der Waals surface area contributed by atoms with E-state index in [9.17, 15) is 0 Å². The van der Waals surface area contributed by atoms with E-state index in [1.54, 1.807) is 0 Å². The van der Waals surface area contributed by atoms with Crippen LogP contribution < -0.4 is 10.4 Å². The van der Waals surface area contributed by atoms with Gasteiger partial charge in [-0.2, -0.15) is 0 Å². The average molecular weight is 1940 g/mol. The maximum absolute atomic E-state index is 15.7. The normalized spacial score (nSPS) is 13.3. The Morgan fingerprint density at radius 1 is 0.204 bits per heavy atom. The van der Waals surface area contributed by atoms with E-state index in [1.165, 1.54) is 183 Å². The Morgan fingerprint density at radius 3 is 0.605 bits per heavy atom. The highest BCUT2D eigenvalue weighted by atomic mass is 16.5. The Hall–Kier alpha value is -14.1. The van der Waals surface area contributed by atoms with E-state index < -0.39 is 5.63 Å². The van der Waals surface area contributed by atoms with Crippen LogP contribution in [0.2, 0.25) is 0 Å². The number of rotatable bonds is 19. The summed E-state index contributed by atoms with van der Waals surface area (Å²) in [6.45, 7) is 58.6. The number of ether oxygens (including phenoxy) is 1. The highest BCUT2D eigenvalue weighted by Crippen LogP contribution is 2.50. The SMILES string of the molecule is CCCCCCCCCCCCOc1ccc2cc(-n3c4ccc(-n5c6ccc(-n7c8ccc(C(C)(C)C)cc8c8cc(C(C)(C)C)ccc87)cc6c6cc(-n7c8ccc(C(C)(C)C)cc8c8cc(C(C)(C)C)ccc87)ccc65)cc4c4cc(-n5c6ccc(-n7c8ccc(C(C)(C)C)cc8c8cc(C(C)(C)C)ccc87)cc6c6cc(-n7c8ccc(C(C)(C)C)cc8c8cc(C(C)(C)C)ccc87)ccc65)ccc43)c(=O)oc2c1. The van der Waals surface area contributed by atoms with Crippen molar-refractivity contribution in [3.05, 3.63) is 334 Å². The summed E-state index contributed by atoms with van der Waals surface area (Å²) in [7, 11) is 0. The molecule has 8 aromatic heterocycles. The van der Waals surface area contributed by atoms with Gasteiger partial charge in [0.25, 0.3) is 0 Å². The maximum atomic E-state index is 15.7. The van der Waals surface area contributed by atoms with Crippen LogP contribution >= 0.6 is 0 Å². The third-order valence-electron chi connectivity index (χ3n) is 32.4. The van der Waals surface area contributed by atoms with Gasteiger partial charge >= 0.3 is 5.63 Å². The first-order chi connectivity index (χ1) is 69.8. The average Bonchev–Trinajstić information content (AvgIpc) is 1.55. The molecule has 0 saturated carbocycles. The van der Waals surface area contributed by atoms with Crippen LogP contribution in [0, 0.1) is 0 Å². The number of nitrogens with zero attached hydrogens (tertiary/aromatic N) is 7. The van der Waals surface area contributed by atoms with Crippen LogP contribution in [0.1, 0.15) is 282 Å². The number of unbranched alkanes of at least 4 members (excludes halogenated alkanes) is 9. The summed E-state index contributed by atoms with van der Waals surface area (Å²) in [5, 5.41) is 17.2. The third-order valence-corrected chi connectivity index (χ3v) is 32.4. The molecule has 10 nitrogen and oxygen atoms in total. The standard InChI is InChI=1S/C137H143N7O3/c1-26-27-28-29-30-31-32-33-34-35-66-146-98-51-36-83-67-127(129(145)147-128(83)82-98)144-125-64-49-96(142-121-60-45-92(138-113-52-37-84(130(2,3)4)68-99(113)100-69-85(131(5,6)7)38-53-114(100)138)76-107(121)108-77-93(46-61-122(108)142)139-115-54-39-86(132(8,9)10)70-101(115)102-71-87(133(11,12)13)40-55-116(102)139)80-111(125)112-81-97(50-65-126(112)144)143-123-62-47-94(140-117-56-41-88(134(14,15)16)72-103(117)104-73-89(135(17,18)19)42-57-118(104)140)78-109(123)110-79-95(48-63-124(110)143)141-119-58-43-90(136(20,21)22)74-105(119)106-75-91(137(23,24)25)44-59-120(106)141/h36-65,67-82H,26-35,66H2,1-25H3. The molecule has 8 heterocycles. The number of fused-ring (bicyclic) bond motifs is 22. The van der Waals surface area contributed by atoms with E-state index in [0.29, 0.717) is 23.6 Å². The van der Waals surface area contributed by atoms with Crippen molar-refractivity contribution in [1.82, 2.24) is 32.0 Å². The summed E-state index contributed by atoms with van der Waals surface area (Å²) < 4.78 is 30.3. The van der Waals surface area contributed by atoms with Crippen molar-refractivity contribution in [3.63, 3.8) is 0 Å². The zero-order chi connectivity index (χ0) is 103. The minimum Gasteiger partial charge on any atom is -0.493 e. The minimum absolute atomic E-state index is 0.0684. The fourth-order valence-corrected chi connectivity index (χ4v) is 23.7. The van der Waals surface area contributed by atoms with Crippen molar-refractivity contribution in [2.24, 2.45) is 0 Å². The van der Waals surface area contributed by atoms with Gasteiger partial charge in [0, 0.05) is 121 Å². The topological polar surface area (TPSA) is 73.9 Å². The molecule has 0 spiro atoms. The fraction of sp³-hybridized carbons (Fsp3) is 0.321. The number of hydrogen-bond donors (Lipinski definition) is 0. The Balaban J connectivity index is 0.762. The maximum Gasteiger partial charge on any atom is 0.360 e. The molecule has 23 aromatic rings. The molecular formula is C137H143N7O3. The second-order valence-electron chi connectivity index (χ2n) is 51.1. The zero-order valence-corrected chi connectivity index (χ0v) is 91.2. The number of hydrogen-bond acceptors (Lipinski definition) is 3. The largest absolute Gasteiger partial charge is 0.493 e. The highest BCUT2D eigenvalue weighted by Gasteiger charge is 2.32. The van der Waals surface area contributed by atoms with Crippen molar-refractivity contribution in [3.8, 4) is 45.6 Å². The van der Waals surface area contributed by atoms with Gasteiger partial charge in [-0.3, -0.25) is 0 Å². The summed E-state index contributed by atoms with van der Waals surface area (Å²) in [4.78, 5) is 15.7. The molecule has 15 aromatic carbocycles. The second-order valence-corrected chi connectivity index (χ2v) is 51.1. The van der Waals surface area contributed by atoms with Gasteiger partial charge < -0.3 is 41.1 Å². The Bertz CT molecular complexity index is 8240. The molecule has 0 atom stereocenters. The van der Waals surface area contributed by atoms with Crippen LogP contribution in [-0.4, -0.2) is 38.6 Å². The quantitative estimate of drug-likeness (QED) is 0.0598. The molecule has 0 unspecified atom stereocenters. The number of aromatic nitrogens is 7. The van der Waals surface area contributed by atoms with E-state index in [2.05, 4.69) is 466 Å². The lowest BCUT2D eigenvalue weighted by molar-refractivity contribution is 0.304. The molecule has 147 heavy (non-hydrogen) atoms. The van der Waals surface area contributed by atoms with Gasteiger partial charge in [0.05, 0.1) is 83.8 Å². The van der Waals surface area contributed by atoms with Gasteiger partial charge in [-0.05, 0) is 319 Å². The van der Waals surface area contributed by atoms with E-state index in [-0.39, 0.29) is 43.3 Å². The Kier molecular flexibility index (Phi) is 22.8. The van der Waals surface area contributed by atoms with E-state index in [0.717, 1.165) is 118 Å². The molecule has 0 fully saturated rings. The van der Waals surface area contributed by atoms with Crippen LogP contribution in [0.25, 0.3) is 203 Å². The molecule has 0 aliphatic heterocycles. The third kappa shape index (κ3) is 16.6. The number of benzene rings is 15. The van der Waals surface area contributed by atoms with Gasteiger partial charge in [0.2, 0.25) is 0 Å². The monoisotopic (exact) mass is 1930 g/mol. The Labute approximate surface area is 865 Å². The molecule has 0 aliphatic carbocycles. The van der Waals surface area contributed by atoms with Gasteiger partial charge in [-0.15, -0.1) is 0 Å². The van der Waals surface area contributed by atoms with Crippen molar-refractivity contribution in [2.75, 3.05) is 6.61 Å². The van der Waals surface area contributed by atoms with Gasteiger partial charge in [-0.1, -0.05) is 279 Å². The minimum atomic E-state index is -0.440. The van der Waals surface area contributed by atoms with Crippen molar-refractivity contribution >= 4 is 164 Å². The molecule has 0 saturated heterocycles. The lowest BCUT2D eigenvalue weighted by Gasteiger charge is -2.19. The Morgan fingerprint density at radius 2 is 0.395 bits per heavy atom. The van der Waals surface area contributed by atoms with Gasteiger partial charge in [-0.25, -0.2) is 4.79 Å². The van der Waals surface area contributed by atoms with Crippen LogP contribution in [0.4, 0.5) is 0 Å². The zero-order valence-electron chi connectivity index (χ0n) is 91.2. The van der Waals surface area contributed by atoms with Gasteiger partial charge in [0.1, 0.15) is 17.0 Å². The summed E-state index contributed by atoms with van der Waals surface area (Å²) in [6.07, 6.45) is 12.5.